The normalized spacial score (nSPS) is 15.0. The van der Waals surface area contributed by atoms with E-state index in [2.05, 4.69) is 15.6 Å². The van der Waals surface area contributed by atoms with Crippen molar-refractivity contribution in [2.45, 2.75) is 6.42 Å². The van der Waals surface area contributed by atoms with E-state index in [1.54, 1.807) is 0 Å². The molecule has 1 aromatic heterocycles. The van der Waals surface area contributed by atoms with Crippen molar-refractivity contribution < 1.29 is 9.72 Å². The summed E-state index contributed by atoms with van der Waals surface area (Å²) < 4.78 is 0. The minimum absolute atomic E-state index is 0.179. The summed E-state index contributed by atoms with van der Waals surface area (Å²) >= 11 is 0. The van der Waals surface area contributed by atoms with E-state index >= 15 is 0 Å². The first-order valence-electron chi connectivity index (χ1n) is 5.67. The molecule has 1 aliphatic rings. The Hall–Kier alpha value is -2.15. The van der Waals surface area contributed by atoms with E-state index in [1.165, 1.54) is 17.7 Å². The third kappa shape index (κ3) is 2.95. The average Bonchev–Trinajstić information content (AvgIpc) is 2.87. The van der Waals surface area contributed by atoms with Gasteiger partial charge in [0.15, 0.2) is 5.69 Å². The smallest absolute Gasteiger partial charge is 0.321 e. The molecule has 0 saturated heterocycles. The number of nitrogens with zero attached hydrogens (tertiary/aromatic N) is 1. The zero-order valence-corrected chi connectivity index (χ0v) is 9.73. The lowest BCUT2D eigenvalue weighted by atomic mass is 10.1. The number of aromatic amines is 1. The summed E-state index contributed by atoms with van der Waals surface area (Å²) in [5, 5.41) is 16.4. The molecule has 1 aromatic rings. The zero-order valence-electron chi connectivity index (χ0n) is 9.73. The zero-order chi connectivity index (χ0) is 13.0. The molecule has 96 valence electrons. The first-order valence-corrected chi connectivity index (χ1v) is 5.67. The van der Waals surface area contributed by atoms with Crippen molar-refractivity contribution in [1.29, 1.82) is 0 Å². The van der Waals surface area contributed by atoms with Gasteiger partial charge in [0.25, 0.3) is 5.91 Å². The van der Waals surface area contributed by atoms with E-state index in [9.17, 15) is 14.9 Å². The molecular weight excluding hydrogens is 236 g/mol. The van der Waals surface area contributed by atoms with Gasteiger partial charge in [0.2, 0.25) is 0 Å². The Kier molecular flexibility index (Phi) is 3.73. The second-order valence-electron chi connectivity index (χ2n) is 4.01. The monoisotopic (exact) mass is 250 g/mol. The Labute approximate surface area is 103 Å². The second kappa shape index (κ2) is 5.46. The maximum atomic E-state index is 11.7. The number of rotatable bonds is 4. The number of nitro groups is 1. The van der Waals surface area contributed by atoms with E-state index in [-0.39, 0.29) is 17.4 Å². The Bertz CT molecular complexity index is 492. The average molecular weight is 250 g/mol. The van der Waals surface area contributed by atoms with Crippen LogP contribution in [0.2, 0.25) is 0 Å². The standard InChI is InChI=1S/C11H14N4O3/c16-11(9-1-2-10(14-9)15(17)18)13-7-8-3-5-12-6-4-8/h1-3,12,14H,4-7H2,(H,13,16). The molecule has 7 heteroatoms. The molecule has 2 rings (SSSR count). The molecule has 0 atom stereocenters. The fraction of sp³-hybridized carbons (Fsp3) is 0.364. The number of hydrogen-bond acceptors (Lipinski definition) is 4. The Morgan fingerprint density at radius 3 is 2.94 bits per heavy atom. The topological polar surface area (TPSA) is 100 Å². The van der Waals surface area contributed by atoms with Gasteiger partial charge in [-0.15, -0.1) is 0 Å². The lowest BCUT2D eigenvalue weighted by Crippen LogP contribution is -2.29. The molecule has 18 heavy (non-hydrogen) atoms. The summed E-state index contributed by atoms with van der Waals surface area (Å²) in [6, 6.07) is 2.68. The van der Waals surface area contributed by atoms with Crippen LogP contribution in [0.25, 0.3) is 0 Å². The quantitative estimate of drug-likeness (QED) is 0.413. The van der Waals surface area contributed by atoms with Crippen molar-refractivity contribution in [2.75, 3.05) is 19.6 Å². The number of H-pyrrole nitrogens is 1. The SMILES string of the molecule is O=C(NCC1=CCNCC1)c1ccc([N+](=O)[O-])[nH]1. The fourth-order valence-electron chi connectivity index (χ4n) is 1.74. The summed E-state index contributed by atoms with van der Waals surface area (Å²) in [4.78, 5) is 24.1. The predicted octanol–water partition coefficient (Wildman–Crippen LogP) is 0.572. The first-order chi connectivity index (χ1) is 8.66. The highest BCUT2D eigenvalue weighted by Gasteiger charge is 2.15. The molecule has 3 N–H and O–H groups in total. The van der Waals surface area contributed by atoms with Gasteiger partial charge in [-0.05, 0) is 24.0 Å². The summed E-state index contributed by atoms with van der Waals surface area (Å²) in [7, 11) is 0. The number of nitrogens with one attached hydrogen (secondary N) is 3. The van der Waals surface area contributed by atoms with Crippen LogP contribution in [0.15, 0.2) is 23.8 Å². The van der Waals surface area contributed by atoms with Crippen molar-refractivity contribution in [1.82, 2.24) is 15.6 Å². The molecule has 0 unspecified atom stereocenters. The van der Waals surface area contributed by atoms with Gasteiger partial charge in [0, 0.05) is 19.2 Å². The van der Waals surface area contributed by atoms with Gasteiger partial charge in [0.1, 0.15) is 0 Å². The second-order valence-corrected chi connectivity index (χ2v) is 4.01. The highest BCUT2D eigenvalue weighted by molar-refractivity contribution is 5.92. The molecule has 0 aromatic carbocycles. The van der Waals surface area contributed by atoms with Crippen LogP contribution in [-0.4, -0.2) is 35.4 Å². The van der Waals surface area contributed by atoms with Crippen LogP contribution in [0.5, 0.6) is 0 Å². The molecule has 0 aliphatic carbocycles. The molecule has 1 amide bonds. The summed E-state index contributed by atoms with van der Waals surface area (Å²) in [5.74, 6) is -0.510. The van der Waals surface area contributed by atoms with E-state index in [0.29, 0.717) is 6.54 Å². The van der Waals surface area contributed by atoms with Crippen molar-refractivity contribution in [3.8, 4) is 0 Å². The Balaban J connectivity index is 1.90. The third-order valence-electron chi connectivity index (χ3n) is 2.75. The van der Waals surface area contributed by atoms with Crippen LogP contribution in [0.1, 0.15) is 16.9 Å². The minimum atomic E-state index is -0.563. The molecule has 2 heterocycles. The van der Waals surface area contributed by atoms with Gasteiger partial charge in [-0.3, -0.25) is 4.79 Å². The highest BCUT2D eigenvalue weighted by Crippen LogP contribution is 2.10. The number of aromatic nitrogens is 1. The maximum Gasteiger partial charge on any atom is 0.321 e. The minimum Gasteiger partial charge on any atom is -0.358 e. The van der Waals surface area contributed by atoms with Gasteiger partial charge >= 0.3 is 5.82 Å². The van der Waals surface area contributed by atoms with Gasteiger partial charge in [-0.25, -0.2) is 4.98 Å². The van der Waals surface area contributed by atoms with E-state index in [1.807, 2.05) is 6.08 Å². The molecular formula is C11H14N4O3. The van der Waals surface area contributed by atoms with Crippen LogP contribution in [0.3, 0.4) is 0 Å². The van der Waals surface area contributed by atoms with Crippen molar-refractivity contribution in [3.63, 3.8) is 0 Å². The third-order valence-corrected chi connectivity index (χ3v) is 2.75. The van der Waals surface area contributed by atoms with E-state index in [4.69, 9.17) is 0 Å². The number of amides is 1. The predicted molar refractivity (Wildman–Crippen MR) is 65.4 cm³/mol. The molecule has 0 spiro atoms. The Morgan fingerprint density at radius 2 is 2.33 bits per heavy atom. The molecule has 1 aliphatic heterocycles. The summed E-state index contributed by atoms with van der Waals surface area (Å²) in [6.45, 7) is 2.21. The van der Waals surface area contributed by atoms with Crippen LogP contribution >= 0.6 is 0 Å². The van der Waals surface area contributed by atoms with Gasteiger partial charge in [-0.2, -0.15) is 0 Å². The first kappa shape index (κ1) is 12.3. The van der Waals surface area contributed by atoms with Crippen molar-refractivity contribution >= 4 is 11.7 Å². The maximum absolute atomic E-state index is 11.7. The lowest BCUT2D eigenvalue weighted by molar-refractivity contribution is -0.389. The van der Waals surface area contributed by atoms with Crippen LogP contribution in [0, 0.1) is 10.1 Å². The summed E-state index contributed by atoms with van der Waals surface area (Å²) in [5.41, 5.74) is 1.37. The van der Waals surface area contributed by atoms with Crippen LogP contribution in [0.4, 0.5) is 5.82 Å². The molecule has 0 saturated carbocycles. The van der Waals surface area contributed by atoms with Gasteiger partial charge in [-0.1, -0.05) is 11.6 Å². The van der Waals surface area contributed by atoms with Gasteiger partial charge < -0.3 is 20.7 Å². The van der Waals surface area contributed by atoms with Gasteiger partial charge in [0.05, 0.1) is 0 Å². The lowest BCUT2D eigenvalue weighted by Gasteiger charge is -2.13. The van der Waals surface area contributed by atoms with E-state index in [0.717, 1.165) is 19.5 Å². The summed E-state index contributed by atoms with van der Waals surface area (Å²) in [6.07, 6.45) is 2.95. The van der Waals surface area contributed by atoms with Crippen LogP contribution in [-0.2, 0) is 0 Å². The van der Waals surface area contributed by atoms with Crippen LogP contribution < -0.4 is 10.6 Å². The fourth-order valence-corrected chi connectivity index (χ4v) is 1.74. The molecule has 0 bridgehead atoms. The number of carbonyl (C=O) groups is 1. The largest absolute Gasteiger partial charge is 0.358 e. The van der Waals surface area contributed by atoms with Crippen molar-refractivity contribution in [3.05, 3.63) is 39.6 Å². The molecule has 0 radical (unpaired) electrons. The highest BCUT2D eigenvalue weighted by atomic mass is 16.6. The van der Waals surface area contributed by atoms with E-state index < -0.39 is 4.92 Å². The number of hydrogen-bond donors (Lipinski definition) is 3. The number of carbonyl (C=O) groups excluding carboxylic acids is 1. The molecule has 0 fully saturated rings. The molecule has 7 nitrogen and oxygen atoms in total. The van der Waals surface area contributed by atoms with Crippen molar-refractivity contribution in [2.24, 2.45) is 0 Å². The Morgan fingerprint density at radius 1 is 1.50 bits per heavy atom.